The molecule has 0 fully saturated rings. The van der Waals surface area contributed by atoms with Crippen molar-refractivity contribution in [1.82, 2.24) is 20.6 Å². The number of pyridine rings is 2. The van der Waals surface area contributed by atoms with E-state index in [-0.39, 0.29) is 47.8 Å². The number of hydrogen-bond donors (Lipinski definition) is 5. The van der Waals surface area contributed by atoms with Crippen LogP contribution in [0.3, 0.4) is 0 Å². The first-order valence-electron chi connectivity index (χ1n) is 16.0. The summed E-state index contributed by atoms with van der Waals surface area (Å²) in [5, 5.41) is 36.0. The van der Waals surface area contributed by atoms with Gasteiger partial charge in [0.25, 0.3) is 11.8 Å². The van der Waals surface area contributed by atoms with Gasteiger partial charge in [0.05, 0.1) is 17.1 Å². The highest BCUT2D eigenvalue weighted by molar-refractivity contribution is 6.52. The van der Waals surface area contributed by atoms with Crippen LogP contribution in [0, 0.1) is 0 Å². The van der Waals surface area contributed by atoms with Gasteiger partial charge in [-0.2, -0.15) is 0 Å². The monoisotopic (exact) mass is 690 g/mol. The number of allylic oxidation sites excluding steroid dienone is 1. The summed E-state index contributed by atoms with van der Waals surface area (Å²) in [6.45, 7) is 2.91. The lowest BCUT2D eigenvalue weighted by Crippen LogP contribution is -2.53. The van der Waals surface area contributed by atoms with Crippen molar-refractivity contribution in [2.24, 2.45) is 0 Å². The Morgan fingerprint density at radius 1 is 0.824 bits per heavy atom. The Morgan fingerprint density at radius 2 is 1.55 bits per heavy atom. The van der Waals surface area contributed by atoms with E-state index in [1.54, 1.807) is 62.4 Å². The van der Waals surface area contributed by atoms with E-state index < -0.39 is 49.7 Å². The third-order valence-electron chi connectivity index (χ3n) is 8.70. The van der Waals surface area contributed by atoms with Gasteiger partial charge in [0.2, 0.25) is 0 Å². The predicted molar refractivity (Wildman–Crippen MR) is 186 cm³/mol. The van der Waals surface area contributed by atoms with Crippen molar-refractivity contribution in [2.45, 2.75) is 38.5 Å². The van der Waals surface area contributed by atoms with E-state index in [2.05, 4.69) is 20.6 Å². The molecule has 2 aliphatic heterocycles. The minimum atomic E-state index is -1.49. The molecule has 2 unspecified atom stereocenters. The molecule has 16 heteroatoms. The minimum absolute atomic E-state index is 0.00159. The molecule has 0 saturated carbocycles. The van der Waals surface area contributed by atoms with Crippen LogP contribution in [-0.4, -0.2) is 81.7 Å². The second kappa shape index (κ2) is 14.9. The zero-order valence-corrected chi connectivity index (χ0v) is 27.5. The van der Waals surface area contributed by atoms with Gasteiger partial charge in [-0.3, -0.25) is 19.6 Å². The first-order valence-corrected chi connectivity index (χ1v) is 16.0. The number of fused-ring (bicyclic) bond motifs is 2. The van der Waals surface area contributed by atoms with Crippen LogP contribution in [0.1, 0.15) is 70.6 Å². The van der Waals surface area contributed by atoms with Crippen LogP contribution >= 0.6 is 0 Å². The summed E-state index contributed by atoms with van der Waals surface area (Å²) in [5.41, 5.74) is 3.24. The Kier molecular flexibility index (Phi) is 10.2. The molecule has 2 aliphatic rings. The third-order valence-corrected chi connectivity index (χ3v) is 8.70. The van der Waals surface area contributed by atoms with Crippen LogP contribution < -0.4 is 20.0 Å². The Balaban J connectivity index is 1.22. The summed E-state index contributed by atoms with van der Waals surface area (Å²) >= 11 is 0. The highest BCUT2D eigenvalue weighted by Crippen LogP contribution is 2.34. The number of benzene rings is 2. The highest BCUT2D eigenvalue weighted by Gasteiger charge is 2.38. The van der Waals surface area contributed by atoms with Crippen molar-refractivity contribution in [3.05, 3.63) is 118 Å². The molecule has 51 heavy (non-hydrogen) atoms. The highest BCUT2D eigenvalue weighted by atomic mass is 16.6. The van der Waals surface area contributed by atoms with E-state index in [1.165, 1.54) is 30.7 Å². The smallest absolute Gasteiger partial charge is 0.534 e. The molecule has 0 radical (unpaired) electrons. The van der Waals surface area contributed by atoms with E-state index in [0.29, 0.717) is 33.4 Å². The van der Waals surface area contributed by atoms with Crippen molar-refractivity contribution in [3.8, 4) is 11.5 Å². The summed E-state index contributed by atoms with van der Waals surface area (Å²) in [7, 11) is -1.49. The Labute approximate surface area is 292 Å². The average molecular weight is 690 g/mol. The van der Waals surface area contributed by atoms with Crippen molar-refractivity contribution < 1.29 is 48.5 Å². The van der Waals surface area contributed by atoms with E-state index in [9.17, 15) is 34.4 Å². The summed E-state index contributed by atoms with van der Waals surface area (Å²) in [6.07, 6.45) is 8.00. The maximum atomic E-state index is 13.5. The van der Waals surface area contributed by atoms with Gasteiger partial charge in [-0.25, -0.2) is 9.59 Å². The molecule has 2 atom stereocenters. The van der Waals surface area contributed by atoms with Crippen LogP contribution in [-0.2, 0) is 17.5 Å². The number of amides is 2. The molecule has 6 rings (SSSR count). The second-order valence-electron chi connectivity index (χ2n) is 12.2. The van der Waals surface area contributed by atoms with Gasteiger partial charge in [-0.15, -0.1) is 0 Å². The largest absolute Gasteiger partial charge is 0.547 e. The van der Waals surface area contributed by atoms with E-state index >= 15 is 0 Å². The maximum absolute atomic E-state index is 13.5. The molecule has 2 aromatic carbocycles. The first kappa shape index (κ1) is 34.9. The summed E-state index contributed by atoms with van der Waals surface area (Å²) in [4.78, 5) is 58.4. The van der Waals surface area contributed by atoms with Gasteiger partial charge < -0.3 is 39.9 Å². The van der Waals surface area contributed by atoms with Gasteiger partial charge >= 0.3 is 26.0 Å². The molecule has 0 saturated heterocycles. The van der Waals surface area contributed by atoms with Crippen LogP contribution in [0.15, 0.2) is 73.3 Å². The molecular formula is C35H32B2N4O10. The molecular weight excluding hydrogens is 658 g/mol. The van der Waals surface area contributed by atoms with Crippen LogP contribution in [0.25, 0.3) is 11.6 Å². The summed E-state index contributed by atoms with van der Waals surface area (Å²) in [5.74, 6) is -4.46. The normalized spacial score (nSPS) is 17.0. The summed E-state index contributed by atoms with van der Waals surface area (Å²) in [6, 6.07) is 12.8. The molecule has 2 aromatic heterocycles. The number of para-hydroxylation sites is 1. The zero-order valence-electron chi connectivity index (χ0n) is 27.5. The fourth-order valence-corrected chi connectivity index (χ4v) is 6.00. The quantitative estimate of drug-likeness (QED) is 0.169. The Bertz CT molecular complexity index is 2040. The van der Waals surface area contributed by atoms with Gasteiger partial charge in [-0.05, 0) is 90.1 Å². The fraction of sp³-hybridized carbons (Fsp3) is 0.200. The lowest BCUT2D eigenvalue weighted by Gasteiger charge is -2.29. The van der Waals surface area contributed by atoms with Crippen molar-refractivity contribution in [2.75, 3.05) is 6.79 Å². The van der Waals surface area contributed by atoms with Crippen LogP contribution in [0.5, 0.6) is 11.5 Å². The van der Waals surface area contributed by atoms with Gasteiger partial charge in [0.15, 0.2) is 6.79 Å². The zero-order chi connectivity index (χ0) is 36.2. The number of aromatic nitrogens is 2. The molecule has 0 aliphatic carbocycles. The topological polar surface area (TPSA) is 206 Å². The molecule has 258 valence electrons. The third kappa shape index (κ3) is 7.77. The lowest BCUT2D eigenvalue weighted by atomic mass is 9.60. The summed E-state index contributed by atoms with van der Waals surface area (Å²) < 4.78 is 17.0. The molecule has 4 aromatic rings. The number of nitrogens with zero attached hydrogens (tertiary/aromatic N) is 2. The van der Waals surface area contributed by atoms with E-state index in [1.807, 2.05) is 0 Å². The number of nitrogens with one attached hydrogen (secondary N) is 2. The molecule has 4 heterocycles. The molecule has 0 bridgehead atoms. The Hall–Kier alpha value is -5.99. The van der Waals surface area contributed by atoms with Gasteiger partial charge in [0, 0.05) is 30.7 Å². The van der Waals surface area contributed by atoms with Crippen molar-refractivity contribution >= 4 is 49.4 Å². The lowest BCUT2D eigenvalue weighted by molar-refractivity contribution is 0.0671. The minimum Gasteiger partial charge on any atom is -0.534 e. The van der Waals surface area contributed by atoms with Crippen LogP contribution in [0.4, 0.5) is 0 Å². The standard InChI is InChI=1S/C35H32B2N4O10/c1-19(23-11-24-14-29(41-32(42)22-6-4-8-38-16-22)37(48)51-31(24)27(12-23)35(46)47)9-20-10-25(17-39-15-20)33(43)40-28-13-21-5-3-7-26(34(44)45)30(21)49-18-50-36(28)2/h3-12,15-17,28-29,48H,13-14,18H2,1-2H3,(H,40,43)(H,41,42)(H,44,45)(H,46,47). The number of carbonyl (C=O) groups excluding carboxylic acids is 2. The molecule has 0 spiro atoms. The maximum Gasteiger partial charge on any atom is 0.547 e. The number of carboxylic acids is 2. The van der Waals surface area contributed by atoms with E-state index in [4.69, 9.17) is 14.0 Å². The van der Waals surface area contributed by atoms with Gasteiger partial charge in [0.1, 0.15) is 22.6 Å². The fourth-order valence-electron chi connectivity index (χ4n) is 6.00. The molecule has 5 N–H and O–H groups in total. The van der Waals surface area contributed by atoms with Gasteiger partial charge in [-0.1, -0.05) is 19.0 Å². The molecule has 2 amide bonds. The number of carbonyl (C=O) groups is 4. The van der Waals surface area contributed by atoms with Crippen molar-refractivity contribution in [1.29, 1.82) is 0 Å². The number of carboxylic acid groups (broad SMARTS) is 2. The predicted octanol–water partition coefficient (Wildman–Crippen LogP) is 3.05. The Morgan fingerprint density at radius 3 is 2.29 bits per heavy atom. The molecule has 14 nitrogen and oxygen atoms in total. The number of rotatable bonds is 8. The average Bonchev–Trinajstić information content (AvgIpc) is 3.11. The van der Waals surface area contributed by atoms with Crippen molar-refractivity contribution in [3.63, 3.8) is 0 Å². The van der Waals surface area contributed by atoms with E-state index in [0.717, 1.165) is 0 Å². The van der Waals surface area contributed by atoms with Crippen LogP contribution in [0.2, 0.25) is 6.82 Å². The second-order valence-corrected chi connectivity index (χ2v) is 12.2. The number of aromatic carboxylic acids is 2. The SMILES string of the molecule is CB1OCOc2c(cccc2C(=O)O)CC1NC(=O)c1cncc(C=C(C)c2cc3c(c(C(=O)O)c2)OB(O)C(NC(=O)c2cccnc2)C3)c1. The first-order chi connectivity index (χ1) is 24.5. The number of hydrogen-bond acceptors (Lipinski definition) is 10. The number of ether oxygens (including phenoxy) is 1.